The summed E-state index contributed by atoms with van der Waals surface area (Å²) in [5.41, 5.74) is 0.637. The highest BCUT2D eigenvalue weighted by Gasteiger charge is 2.20. The van der Waals surface area contributed by atoms with Crippen molar-refractivity contribution in [3.05, 3.63) is 44.7 Å². The van der Waals surface area contributed by atoms with Crippen molar-refractivity contribution in [2.24, 2.45) is 0 Å². The zero-order valence-electron chi connectivity index (χ0n) is 14.5. The third kappa shape index (κ3) is 3.64. The number of hydrogen-bond acceptors (Lipinski definition) is 6. The van der Waals surface area contributed by atoms with Crippen molar-refractivity contribution in [2.45, 2.75) is 50.6 Å². The summed E-state index contributed by atoms with van der Waals surface area (Å²) < 4.78 is 7.90. The van der Waals surface area contributed by atoms with Crippen LogP contribution in [0.3, 0.4) is 0 Å². The Bertz CT molecular complexity index is 967. The van der Waals surface area contributed by atoms with Gasteiger partial charge in [-0.15, -0.1) is 0 Å². The molecule has 8 heteroatoms. The molecule has 0 aliphatic carbocycles. The van der Waals surface area contributed by atoms with Crippen LogP contribution in [0.2, 0.25) is 0 Å². The van der Waals surface area contributed by atoms with Gasteiger partial charge < -0.3 is 4.52 Å². The fraction of sp³-hybridized carbons (Fsp3) is 0.412. The Hall–Kier alpha value is -1.67. The van der Waals surface area contributed by atoms with E-state index in [1.54, 1.807) is 4.57 Å². The molecule has 1 aromatic carbocycles. The van der Waals surface area contributed by atoms with E-state index < -0.39 is 0 Å². The molecular weight excluding hydrogens is 404 g/mol. The van der Waals surface area contributed by atoms with Gasteiger partial charge in [0.15, 0.2) is 11.0 Å². The van der Waals surface area contributed by atoms with E-state index in [2.05, 4.69) is 31.1 Å². The smallest absolute Gasteiger partial charge is 0.262 e. The topological polar surface area (TPSA) is 73.8 Å². The summed E-state index contributed by atoms with van der Waals surface area (Å²) in [6.45, 7) is 8.49. The molecule has 0 spiro atoms. The van der Waals surface area contributed by atoms with Gasteiger partial charge in [0.05, 0.1) is 16.2 Å². The minimum absolute atomic E-state index is 0.0445. The van der Waals surface area contributed by atoms with Crippen LogP contribution in [0, 0.1) is 0 Å². The lowest BCUT2D eigenvalue weighted by atomic mass is 10.2. The largest absolute Gasteiger partial charge is 0.338 e. The van der Waals surface area contributed by atoms with Crippen LogP contribution in [0.5, 0.6) is 0 Å². The molecular formula is C17H19BrN4O2S. The first kappa shape index (κ1) is 18.1. The predicted octanol–water partition coefficient (Wildman–Crippen LogP) is 4.54. The zero-order chi connectivity index (χ0) is 18.1. The lowest BCUT2D eigenvalue weighted by Gasteiger charge is -2.13. The normalized spacial score (nSPS) is 12.9. The molecule has 0 amide bonds. The van der Waals surface area contributed by atoms with Crippen LogP contribution in [-0.2, 0) is 6.54 Å². The number of rotatable bonds is 5. The van der Waals surface area contributed by atoms with Gasteiger partial charge in [-0.25, -0.2) is 4.98 Å². The predicted molar refractivity (Wildman–Crippen MR) is 102 cm³/mol. The van der Waals surface area contributed by atoms with Crippen molar-refractivity contribution in [3.63, 3.8) is 0 Å². The monoisotopic (exact) mass is 422 g/mol. The number of thioether (sulfide) groups is 1. The van der Waals surface area contributed by atoms with Crippen LogP contribution in [-0.4, -0.2) is 19.7 Å². The highest BCUT2D eigenvalue weighted by Crippen LogP contribution is 2.33. The second-order valence-electron chi connectivity index (χ2n) is 6.01. The second kappa shape index (κ2) is 7.29. The fourth-order valence-corrected chi connectivity index (χ4v) is 3.76. The summed E-state index contributed by atoms with van der Waals surface area (Å²) in [4.78, 5) is 21.9. The van der Waals surface area contributed by atoms with E-state index in [0.717, 1.165) is 4.47 Å². The third-order valence-electron chi connectivity index (χ3n) is 3.80. The average Bonchev–Trinajstić information content (AvgIpc) is 3.06. The quantitative estimate of drug-likeness (QED) is 0.443. The van der Waals surface area contributed by atoms with E-state index in [1.165, 1.54) is 11.8 Å². The van der Waals surface area contributed by atoms with Gasteiger partial charge in [0.25, 0.3) is 5.56 Å². The molecule has 25 heavy (non-hydrogen) atoms. The van der Waals surface area contributed by atoms with Crippen molar-refractivity contribution < 1.29 is 4.52 Å². The van der Waals surface area contributed by atoms with E-state index in [-0.39, 0.29) is 16.7 Å². The number of fused-ring (bicyclic) bond motifs is 1. The van der Waals surface area contributed by atoms with Crippen molar-refractivity contribution in [1.82, 2.24) is 19.7 Å². The van der Waals surface area contributed by atoms with Gasteiger partial charge in [-0.3, -0.25) is 9.36 Å². The van der Waals surface area contributed by atoms with Crippen LogP contribution >= 0.6 is 27.7 Å². The van der Waals surface area contributed by atoms with Crippen LogP contribution < -0.4 is 5.56 Å². The van der Waals surface area contributed by atoms with Gasteiger partial charge in [-0.1, -0.05) is 46.7 Å². The van der Waals surface area contributed by atoms with E-state index in [9.17, 15) is 4.79 Å². The average molecular weight is 423 g/mol. The first-order valence-electron chi connectivity index (χ1n) is 8.11. The molecule has 6 nitrogen and oxygen atoms in total. The molecule has 0 saturated heterocycles. The Kier molecular flexibility index (Phi) is 5.29. The molecule has 1 unspecified atom stereocenters. The maximum absolute atomic E-state index is 12.8. The van der Waals surface area contributed by atoms with Gasteiger partial charge in [-0.2, -0.15) is 4.98 Å². The lowest BCUT2D eigenvalue weighted by molar-refractivity contribution is 0.372. The lowest BCUT2D eigenvalue weighted by Crippen LogP contribution is -2.22. The standard InChI is InChI=1S/C17H19BrN4O2S/c1-5-22-16(23)12-8-11(18)6-7-13(12)19-17(22)25-10(4)15-20-14(9(2)3)21-24-15/h6-10H,5H2,1-4H3. The number of halogens is 1. The van der Waals surface area contributed by atoms with Crippen LogP contribution in [0.25, 0.3) is 10.9 Å². The van der Waals surface area contributed by atoms with E-state index in [0.29, 0.717) is 34.3 Å². The Balaban J connectivity index is 1.99. The summed E-state index contributed by atoms with van der Waals surface area (Å²) in [5, 5.41) is 5.16. The minimum atomic E-state index is -0.0994. The van der Waals surface area contributed by atoms with E-state index in [4.69, 9.17) is 4.52 Å². The highest BCUT2D eigenvalue weighted by atomic mass is 79.9. The molecule has 3 aromatic rings. The molecule has 0 aliphatic heterocycles. The van der Waals surface area contributed by atoms with Crippen LogP contribution in [0.4, 0.5) is 0 Å². The van der Waals surface area contributed by atoms with Gasteiger partial charge in [0.1, 0.15) is 0 Å². The molecule has 0 saturated carbocycles. The molecule has 0 aliphatic rings. The molecule has 2 heterocycles. The first-order chi connectivity index (χ1) is 11.9. The Morgan fingerprint density at radius 1 is 1.28 bits per heavy atom. The molecule has 1 atom stereocenters. The van der Waals surface area contributed by atoms with Gasteiger partial charge in [0.2, 0.25) is 5.89 Å². The number of hydrogen-bond donors (Lipinski definition) is 0. The summed E-state index contributed by atoms with van der Waals surface area (Å²) in [6, 6.07) is 5.54. The van der Waals surface area contributed by atoms with Gasteiger partial charge in [0, 0.05) is 16.9 Å². The molecule has 0 radical (unpaired) electrons. The van der Waals surface area contributed by atoms with Crippen molar-refractivity contribution >= 4 is 38.6 Å². The molecule has 0 N–H and O–H groups in total. The summed E-state index contributed by atoms with van der Waals surface area (Å²) in [6.07, 6.45) is 0. The van der Waals surface area contributed by atoms with Crippen molar-refractivity contribution in [1.29, 1.82) is 0 Å². The minimum Gasteiger partial charge on any atom is -0.338 e. The maximum atomic E-state index is 12.8. The van der Waals surface area contributed by atoms with Crippen LogP contribution in [0.1, 0.15) is 50.6 Å². The molecule has 0 bridgehead atoms. The maximum Gasteiger partial charge on any atom is 0.262 e. The molecule has 2 aromatic heterocycles. The third-order valence-corrected chi connectivity index (χ3v) is 5.37. The summed E-state index contributed by atoms with van der Waals surface area (Å²) >= 11 is 4.86. The Labute approximate surface area is 158 Å². The Morgan fingerprint density at radius 3 is 2.68 bits per heavy atom. The fourth-order valence-electron chi connectivity index (χ4n) is 2.40. The first-order valence-corrected chi connectivity index (χ1v) is 9.78. The van der Waals surface area contributed by atoms with Gasteiger partial charge >= 0.3 is 0 Å². The number of aromatic nitrogens is 4. The number of nitrogens with zero attached hydrogens (tertiary/aromatic N) is 4. The zero-order valence-corrected chi connectivity index (χ0v) is 16.9. The second-order valence-corrected chi connectivity index (χ2v) is 8.23. The summed E-state index contributed by atoms with van der Waals surface area (Å²) in [7, 11) is 0. The van der Waals surface area contributed by atoms with Gasteiger partial charge in [-0.05, 0) is 32.0 Å². The Morgan fingerprint density at radius 2 is 2.04 bits per heavy atom. The van der Waals surface area contributed by atoms with Crippen molar-refractivity contribution in [2.75, 3.05) is 0 Å². The molecule has 3 rings (SSSR count). The molecule has 0 fully saturated rings. The highest BCUT2D eigenvalue weighted by molar-refractivity contribution is 9.10. The van der Waals surface area contributed by atoms with E-state index >= 15 is 0 Å². The summed E-state index contributed by atoms with van der Waals surface area (Å²) in [5.74, 6) is 1.44. The van der Waals surface area contributed by atoms with Crippen molar-refractivity contribution in [3.8, 4) is 0 Å². The van der Waals surface area contributed by atoms with Crippen LogP contribution in [0.15, 0.2) is 37.1 Å². The SMILES string of the molecule is CCn1c(SC(C)c2nc(C(C)C)no2)nc2ccc(Br)cc2c1=O. The number of benzene rings is 1. The van der Waals surface area contributed by atoms with E-state index in [1.807, 2.05) is 45.9 Å². The molecule has 132 valence electrons.